The van der Waals surface area contributed by atoms with Crippen molar-refractivity contribution in [2.75, 3.05) is 12.5 Å². The summed E-state index contributed by atoms with van der Waals surface area (Å²) < 4.78 is 0. The molecule has 21 heavy (non-hydrogen) atoms. The summed E-state index contributed by atoms with van der Waals surface area (Å²) in [5, 5.41) is 2.12. The van der Waals surface area contributed by atoms with Crippen molar-refractivity contribution in [3.05, 3.63) is 58.3 Å². The summed E-state index contributed by atoms with van der Waals surface area (Å²) in [4.78, 5) is 16.0. The Morgan fingerprint density at radius 3 is 2.43 bits per heavy atom. The molecule has 0 radical (unpaired) electrons. The molecule has 1 aromatic heterocycles. The number of rotatable bonds is 5. The zero-order valence-corrected chi connectivity index (χ0v) is 13.0. The zero-order chi connectivity index (χ0) is 15.2. The first-order valence-corrected chi connectivity index (χ1v) is 7.19. The summed E-state index contributed by atoms with van der Waals surface area (Å²) in [6.07, 6.45) is 4.02. The van der Waals surface area contributed by atoms with Gasteiger partial charge in [-0.1, -0.05) is 53.5 Å². The molecule has 0 saturated carbocycles. The number of pyridine rings is 1. The Morgan fingerprint density at radius 2 is 1.81 bits per heavy atom. The predicted octanol–water partition coefficient (Wildman–Crippen LogP) is 3.81. The minimum atomic E-state index is -0.0530. The van der Waals surface area contributed by atoms with E-state index in [2.05, 4.69) is 10.4 Å². The third-order valence-electron chi connectivity index (χ3n) is 2.98. The predicted molar refractivity (Wildman–Crippen MR) is 85.4 cm³/mol. The molecule has 6 heteroatoms. The number of hydrazine groups is 1. The largest absolute Gasteiger partial charge is 0.293 e. The van der Waals surface area contributed by atoms with Crippen LogP contribution in [0.5, 0.6) is 0 Å². The molecule has 0 saturated heterocycles. The third-order valence-corrected chi connectivity index (χ3v) is 3.55. The topological polar surface area (TPSA) is 45.2 Å². The third kappa shape index (κ3) is 4.34. The van der Waals surface area contributed by atoms with Crippen LogP contribution in [0.4, 0.5) is 5.69 Å². The van der Waals surface area contributed by atoms with Crippen molar-refractivity contribution in [2.24, 2.45) is 0 Å². The van der Waals surface area contributed by atoms with Gasteiger partial charge in [0.05, 0.1) is 15.7 Å². The molecule has 0 spiro atoms. The highest BCUT2D eigenvalue weighted by Gasteiger charge is 2.13. The summed E-state index contributed by atoms with van der Waals surface area (Å²) >= 11 is 12.0. The Morgan fingerprint density at radius 1 is 1.19 bits per heavy atom. The molecule has 0 bridgehead atoms. The molecular weight excluding hydrogens is 309 g/mol. The highest BCUT2D eigenvalue weighted by molar-refractivity contribution is 6.38. The van der Waals surface area contributed by atoms with Crippen molar-refractivity contribution in [1.29, 1.82) is 0 Å². The van der Waals surface area contributed by atoms with Crippen LogP contribution in [0.15, 0.2) is 42.7 Å². The van der Waals surface area contributed by atoms with Gasteiger partial charge in [-0.2, -0.15) is 0 Å². The average Bonchev–Trinajstić information content (AvgIpc) is 2.49. The van der Waals surface area contributed by atoms with Crippen LogP contribution in [-0.2, 0) is 11.2 Å². The number of nitrogens with zero attached hydrogens (tertiary/aromatic N) is 2. The van der Waals surface area contributed by atoms with Crippen LogP contribution >= 0.6 is 23.2 Å². The van der Waals surface area contributed by atoms with Gasteiger partial charge in [0.1, 0.15) is 0 Å². The van der Waals surface area contributed by atoms with Gasteiger partial charge in [-0.3, -0.25) is 20.2 Å². The maximum absolute atomic E-state index is 12.1. The minimum Gasteiger partial charge on any atom is -0.293 e. The van der Waals surface area contributed by atoms with Crippen LogP contribution < -0.4 is 5.43 Å². The molecule has 1 aromatic carbocycles. The van der Waals surface area contributed by atoms with E-state index in [1.54, 1.807) is 7.05 Å². The lowest BCUT2D eigenvalue weighted by atomic mass is 10.1. The Kier molecular flexibility index (Phi) is 5.42. The van der Waals surface area contributed by atoms with E-state index in [-0.39, 0.29) is 5.91 Å². The highest BCUT2D eigenvalue weighted by atomic mass is 35.5. The van der Waals surface area contributed by atoms with Gasteiger partial charge in [0.15, 0.2) is 0 Å². The number of carbonyl (C=O) groups is 1. The zero-order valence-electron chi connectivity index (χ0n) is 11.5. The number of amides is 1. The fourth-order valence-electron chi connectivity index (χ4n) is 1.81. The molecule has 0 atom stereocenters. The Bertz CT molecular complexity index is 599. The van der Waals surface area contributed by atoms with E-state index in [0.717, 1.165) is 5.56 Å². The molecule has 2 aromatic rings. The van der Waals surface area contributed by atoms with Gasteiger partial charge in [-0.05, 0) is 12.0 Å². The van der Waals surface area contributed by atoms with Crippen LogP contribution in [-0.4, -0.2) is 22.9 Å². The summed E-state index contributed by atoms with van der Waals surface area (Å²) in [6, 6.07) is 9.86. The summed E-state index contributed by atoms with van der Waals surface area (Å²) in [6.45, 7) is 0. The molecule has 0 unspecified atom stereocenters. The number of hydrogen-bond donors (Lipinski definition) is 1. The van der Waals surface area contributed by atoms with Gasteiger partial charge < -0.3 is 0 Å². The lowest BCUT2D eigenvalue weighted by Gasteiger charge is -2.21. The Labute approximate surface area is 133 Å². The molecule has 1 heterocycles. The summed E-state index contributed by atoms with van der Waals surface area (Å²) in [5.41, 5.74) is 4.49. The molecule has 1 amide bonds. The first-order valence-electron chi connectivity index (χ1n) is 6.44. The number of nitrogens with one attached hydrogen (secondary N) is 1. The van der Waals surface area contributed by atoms with Crippen molar-refractivity contribution in [2.45, 2.75) is 12.8 Å². The second kappa shape index (κ2) is 7.29. The molecule has 4 nitrogen and oxygen atoms in total. The monoisotopic (exact) mass is 323 g/mol. The highest BCUT2D eigenvalue weighted by Crippen LogP contribution is 2.28. The van der Waals surface area contributed by atoms with Crippen LogP contribution in [0.25, 0.3) is 0 Å². The molecule has 1 N–H and O–H groups in total. The fraction of sp³-hybridized carbons (Fsp3) is 0.200. The van der Waals surface area contributed by atoms with Gasteiger partial charge in [0.25, 0.3) is 0 Å². The van der Waals surface area contributed by atoms with Gasteiger partial charge in [0, 0.05) is 25.9 Å². The van der Waals surface area contributed by atoms with Crippen LogP contribution in [0.2, 0.25) is 10.0 Å². The molecule has 0 aliphatic rings. The molecular formula is C15H15Cl2N3O. The lowest BCUT2D eigenvalue weighted by molar-refractivity contribution is -0.128. The van der Waals surface area contributed by atoms with Gasteiger partial charge in [0.2, 0.25) is 5.91 Å². The number of aryl methyl sites for hydroxylation is 1. The number of anilines is 1. The number of carbonyl (C=O) groups excluding carboxylic acids is 1. The van der Waals surface area contributed by atoms with Crippen molar-refractivity contribution in [3.63, 3.8) is 0 Å². The fourth-order valence-corrected chi connectivity index (χ4v) is 2.26. The van der Waals surface area contributed by atoms with Crippen LogP contribution in [0, 0.1) is 0 Å². The van der Waals surface area contributed by atoms with Crippen molar-refractivity contribution in [3.8, 4) is 0 Å². The summed E-state index contributed by atoms with van der Waals surface area (Å²) in [7, 11) is 1.64. The second-order valence-corrected chi connectivity index (χ2v) is 5.34. The van der Waals surface area contributed by atoms with Gasteiger partial charge in [-0.25, -0.2) is 0 Å². The SMILES string of the molecule is CN(Nc1c(Cl)cncc1Cl)C(=O)CCc1ccccc1. The Hall–Kier alpha value is -1.78. The second-order valence-electron chi connectivity index (χ2n) is 4.53. The van der Waals surface area contributed by atoms with E-state index >= 15 is 0 Å². The first kappa shape index (κ1) is 15.6. The van der Waals surface area contributed by atoms with Gasteiger partial charge in [-0.15, -0.1) is 0 Å². The lowest BCUT2D eigenvalue weighted by Crippen LogP contribution is -2.32. The van der Waals surface area contributed by atoms with Crippen molar-refractivity contribution < 1.29 is 4.79 Å². The van der Waals surface area contributed by atoms with E-state index in [1.165, 1.54) is 17.4 Å². The van der Waals surface area contributed by atoms with Crippen molar-refractivity contribution >= 4 is 34.8 Å². The quantitative estimate of drug-likeness (QED) is 0.851. The molecule has 110 valence electrons. The number of aromatic nitrogens is 1. The van der Waals surface area contributed by atoms with E-state index < -0.39 is 0 Å². The average molecular weight is 324 g/mol. The van der Waals surface area contributed by atoms with Crippen LogP contribution in [0.3, 0.4) is 0 Å². The number of benzene rings is 1. The standard InChI is InChI=1S/C15H15Cl2N3O/c1-20(19-15-12(16)9-18-10-13(15)17)14(21)8-7-11-5-3-2-4-6-11/h2-6,9-10H,7-8H2,1H3,(H,18,19). The maximum atomic E-state index is 12.1. The molecule has 0 aliphatic heterocycles. The van der Waals surface area contributed by atoms with E-state index in [1.807, 2.05) is 30.3 Å². The van der Waals surface area contributed by atoms with E-state index in [9.17, 15) is 4.79 Å². The van der Waals surface area contributed by atoms with Crippen molar-refractivity contribution in [1.82, 2.24) is 9.99 Å². The smallest absolute Gasteiger partial charge is 0.240 e. The van der Waals surface area contributed by atoms with E-state index in [4.69, 9.17) is 23.2 Å². The normalized spacial score (nSPS) is 10.2. The molecule has 0 aliphatic carbocycles. The van der Waals surface area contributed by atoms with Gasteiger partial charge >= 0.3 is 0 Å². The van der Waals surface area contributed by atoms with E-state index in [0.29, 0.717) is 28.6 Å². The molecule has 2 rings (SSSR count). The maximum Gasteiger partial charge on any atom is 0.240 e. The molecule has 0 fully saturated rings. The Balaban J connectivity index is 1.94. The van der Waals surface area contributed by atoms with Crippen LogP contribution in [0.1, 0.15) is 12.0 Å². The number of halogens is 2. The first-order chi connectivity index (χ1) is 10.1. The minimum absolute atomic E-state index is 0.0530. The summed E-state index contributed by atoms with van der Waals surface area (Å²) in [5.74, 6) is -0.0530. The number of hydrogen-bond acceptors (Lipinski definition) is 3.